The van der Waals surface area contributed by atoms with Gasteiger partial charge in [-0.2, -0.15) is 0 Å². The lowest BCUT2D eigenvalue weighted by atomic mass is 10.1. The molecule has 0 aliphatic carbocycles. The molecule has 0 spiro atoms. The molecule has 2 atom stereocenters. The first kappa shape index (κ1) is 14.0. The van der Waals surface area contributed by atoms with Gasteiger partial charge in [0, 0.05) is 16.1 Å². The highest BCUT2D eigenvalue weighted by Crippen LogP contribution is 2.28. The van der Waals surface area contributed by atoms with E-state index >= 15 is 0 Å². The van der Waals surface area contributed by atoms with Gasteiger partial charge < -0.3 is 16.2 Å². The molecule has 4 N–H and O–H groups in total. The van der Waals surface area contributed by atoms with Crippen LogP contribution in [0.3, 0.4) is 0 Å². The summed E-state index contributed by atoms with van der Waals surface area (Å²) in [6.07, 6.45) is -0.0953. The molecule has 0 fully saturated rings. The average Bonchev–Trinajstić information content (AvgIpc) is 2.25. The molecule has 4 nitrogen and oxygen atoms in total. The normalized spacial score (nSPS) is 14.1. The highest BCUT2D eigenvalue weighted by Gasteiger charge is 2.17. The number of hydrogen-bond acceptors (Lipinski definition) is 3. The molecule has 1 unspecified atom stereocenters. The molecule has 0 heterocycles. The van der Waals surface area contributed by atoms with Crippen molar-refractivity contribution in [2.45, 2.75) is 32.4 Å². The molecule has 94 valence electrons. The van der Waals surface area contributed by atoms with Gasteiger partial charge in [0.1, 0.15) is 5.75 Å². The molecule has 0 bridgehead atoms. The van der Waals surface area contributed by atoms with Crippen molar-refractivity contribution in [2.24, 2.45) is 11.5 Å². The van der Waals surface area contributed by atoms with Crippen molar-refractivity contribution < 1.29 is 9.53 Å². The van der Waals surface area contributed by atoms with Crippen LogP contribution in [0.15, 0.2) is 22.7 Å². The quantitative estimate of drug-likeness (QED) is 0.874. The summed E-state index contributed by atoms with van der Waals surface area (Å²) in [7, 11) is 0. The van der Waals surface area contributed by atoms with E-state index in [9.17, 15) is 4.79 Å². The SMILES string of the molecule is CCC(Oc1cc(Br)ccc1[C@H](C)N)C(N)=O. The third-order valence-corrected chi connectivity index (χ3v) is 2.92. The summed E-state index contributed by atoms with van der Waals surface area (Å²) in [4.78, 5) is 11.2. The zero-order valence-electron chi connectivity index (χ0n) is 9.94. The first-order valence-electron chi connectivity index (χ1n) is 5.46. The lowest BCUT2D eigenvalue weighted by Gasteiger charge is -2.19. The van der Waals surface area contributed by atoms with Crippen LogP contribution in [0.1, 0.15) is 31.9 Å². The molecule has 0 aliphatic heterocycles. The van der Waals surface area contributed by atoms with E-state index in [2.05, 4.69) is 15.9 Å². The van der Waals surface area contributed by atoms with E-state index in [0.29, 0.717) is 12.2 Å². The zero-order chi connectivity index (χ0) is 13.0. The van der Waals surface area contributed by atoms with Crippen molar-refractivity contribution in [3.8, 4) is 5.75 Å². The Morgan fingerprint density at radius 3 is 2.65 bits per heavy atom. The summed E-state index contributed by atoms with van der Waals surface area (Å²) in [5, 5.41) is 0. The molecule has 0 radical (unpaired) electrons. The monoisotopic (exact) mass is 300 g/mol. The van der Waals surface area contributed by atoms with Gasteiger partial charge in [-0.25, -0.2) is 0 Å². The Kier molecular flexibility index (Phi) is 4.96. The molecule has 1 rings (SSSR count). The predicted octanol–water partition coefficient (Wildman–Crippen LogP) is 2.11. The van der Waals surface area contributed by atoms with Crippen molar-refractivity contribution >= 4 is 21.8 Å². The summed E-state index contributed by atoms with van der Waals surface area (Å²) in [6, 6.07) is 5.39. The highest BCUT2D eigenvalue weighted by atomic mass is 79.9. The number of benzene rings is 1. The zero-order valence-corrected chi connectivity index (χ0v) is 11.5. The van der Waals surface area contributed by atoms with E-state index in [1.165, 1.54) is 0 Å². The molecule has 0 aromatic heterocycles. The summed E-state index contributed by atoms with van der Waals surface area (Å²) < 4.78 is 6.49. The van der Waals surface area contributed by atoms with Crippen molar-refractivity contribution in [3.05, 3.63) is 28.2 Å². The molecule has 5 heteroatoms. The van der Waals surface area contributed by atoms with Crippen LogP contribution in [0.2, 0.25) is 0 Å². The fourth-order valence-electron chi connectivity index (χ4n) is 1.48. The van der Waals surface area contributed by atoms with Crippen molar-refractivity contribution in [2.75, 3.05) is 0 Å². The number of nitrogens with two attached hydrogens (primary N) is 2. The fourth-order valence-corrected chi connectivity index (χ4v) is 1.82. The van der Waals surface area contributed by atoms with Gasteiger partial charge in [0.05, 0.1) is 0 Å². The van der Waals surface area contributed by atoms with E-state index < -0.39 is 12.0 Å². The van der Waals surface area contributed by atoms with Gasteiger partial charge in [-0.05, 0) is 25.5 Å². The third kappa shape index (κ3) is 3.71. The number of rotatable bonds is 5. The standard InChI is InChI=1S/C12H17BrN2O2/c1-3-10(12(15)16)17-11-6-8(13)4-5-9(11)7(2)14/h4-7,10H,3,14H2,1-2H3,(H2,15,16)/t7-,10?/m0/s1. The van der Waals surface area contributed by atoms with Gasteiger partial charge in [0.25, 0.3) is 5.91 Å². The molecule has 1 aromatic carbocycles. The molecule has 1 aromatic rings. The number of ether oxygens (including phenoxy) is 1. The van der Waals surface area contributed by atoms with Gasteiger partial charge in [0.2, 0.25) is 0 Å². The minimum absolute atomic E-state index is 0.163. The van der Waals surface area contributed by atoms with Crippen LogP contribution >= 0.6 is 15.9 Å². The van der Waals surface area contributed by atoms with E-state index in [1.807, 2.05) is 26.0 Å². The molecule has 17 heavy (non-hydrogen) atoms. The van der Waals surface area contributed by atoms with Crippen molar-refractivity contribution in [1.82, 2.24) is 0 Å². The number of carbonyl (C=O) groups is 1. The molecular formula is C12H17BrN2O2. The van der Waals surface area contributed by atoms with E-state index in [0.717, 1.165) is 10.0 Å². The van der Waals surface area contributed by atoms with E-state index in [1.54, 1.807) is 6.07 Å². The van der Waals surface area contributed by atoms with Crippen LogP contribution in [0.4, 0.5) is 0 Å². The molecule has 0 aliphatic rings. The molecule has 1 amide bonds. The second kappa shape index (κ2) is 6.02. The van der Waals surface area contributed by atoms with E-state index in [-0.39, 0.29) is 6.04 Å². The lowest BCUT2D eigenvalue weighted by molar-refractivity contribution is -0.124. The summed E-state index contributed by atoms with van der Waals surface area (Å²) in [5.41, 5.74) is 12.0. The van der Waals surface area contributed by atoms with Gasteiger partial charge in [-0.15, -0.1) is 0 Å². The maximum Gasteiger partial charge on any atom is 0.258 e. The topological polar surface area (TPSA) is 78.3 Å². The Labute approximate surface area is 109 Å². The summed E-state index contributed by atoms with van der Waals surface area (Å²) in [6.45, 7) is 3.71. The fraction of sp³-hybridized carbons (Fsp3) is 0.417. The number of hydrogen-bond donors (Lipinski definition) is 2. The van der Waals surface area contributed by atoms with Crippen LogP contribution in [0, 0.1) is 0 Å². The minimum atomic E-state index is -0.623. The smallest absolute Gasteiger partial charge is 0.258 e. The van der Waals surface area contributed by atoms with Gasteiger partial charge in [-0.3, -0.25) is 4.79 Å². The second-order valence-corrected chi connectivity index (χ2v) is 4.80. The predicted molar refractivity (Wildman–Crippen MR) is 70.6 cm³/mol. The Morgan fingerprint density at radius 2 is 2.18 bits per heavy atom. The Hall–Kier alpha value is -1.07. The minimum Gasteiger partial charge on any atom is -0.480 e. The Bertz CT molecular complexity index is 407. The van der Waals surface area contributed by atoms with Crippen LogP contribution in [-0.4, -0.2) is 12.0 Å². The number of carbonyl (C=O) groups excluding carboxylic acids is 1. The Morgan fingerprint density at radius 1 is 1.53 bits per heavy atom. The largest absolute Gasteiger partial charge is 0.480 e. The van der Waals surface area contributed by atoms with Crippen molar-refractivity contribution in [3.63, 3.8) is 0 Å². The number of amides is 1. The maximum atomic E-state index is 11.2. The number of halogens is 1. The molecular weight excluding hydrogens is 284 g/mol. The molecule has 0 saturated heterocycles. The van der Waals surface area contributed by atoms with Crippen molar-refractivity contribution in [1.29, 1.82) is 0 Å². The average molecular weight is 301 g/mol. The summed E-state index contributed by atoms with van der Waals surface area (Å²) in [5.74, 6) is 0.128. The van der Waals surface area contributed by atoms with Crippen LogP contribution in [0.5, 0.6) is 5.75 Å². The van der Waals surface area contributed by atoms with E-state index in [4.69, 9.17) is 16.2 Å². The number of primary amides is 1. The van der Waals surface area contributed by atoms with Crippen LogP contribution in [0.25, 0.3) is 0 Å². The maximum absolute atomic E-state index is 11.2. The van der Waals surface area contributed by atoms with Gasteiger partial charge >= 0.3 is 0 Å². The first-order valence-corrected chi connectivity index (χ1v) is 6.26. The highest BCUT2D eigenvalue weighted by molar-refractivity contribution is 9.10. The third-order valence-electron chi connectivity index (χ3n) is 2.42. The first-order chi connectivity index (χ1) is 7.95. The van der Waals surface area contributed by atoms with Gasteiger partial charge in [-0.1, -0.05) is 28.9 Å². The van der Waals surface area contributed by atoms with Crippen LogP contribution in [-0.2, 0) is 4.79 Å². The second-order valence-electron chi connectivity index (χ2n) is 3.89. The van der Waals surface area contributed by atoms with Crippen LogP contribution < -0.4 is 16.2 Å². The van der Waals surface area contributed by atoms with Gasteiger partial charge in [0.15, 0.2) is 6.10 Å². The summed E-state index contributed by atoms with van der Waals surface area (Å²) >= 11 is 3.36. The molecule has 0 saturated carbocycles. The lowest BCUT2D eigenvalue weighted by Crippen LogP contribution is -2.33. The Balaban J connectivity index is 3.02.